The monoisotopic (exact) mass is 463 g/mol. The summed E-state index contributed by atoms with van der Waals surface area (Å²) < 4.78 is 26.9. The summed E-state index contributed by atoms with van der Waals surface area (Å²) in [5.74, 6) is -2.65. The molecule has 0 bridgehead atoms. The van der Waals surface area contributed by atoms with Crippen LogP contribution in [0.2, 0.25) is 5.02 Å². The van der Waals surface area contributed by atoms with Crippen LogP contribution in [0.25, 0.3) is 0 Å². The molecule has 0 aliphatic carbocycles. The summed E-state index contributed by atoms with van der Waals surface area (Å²) in [5, 5.41) is 7.97. The van der Waals surface area contributed by atoms with Crippen LogP contribution in [0.1, 0.15) is 32.5 Å². The molecule has 0 atom stereocenters. The van der Waals surface area contributed by atoms with Crippen LogP contribution in [0.5, 0.6) is 0 Å². The first kappa shape index (κ1) is 22.4. The summed E-state index contributed by atoms with van der Waals surface area (Å²) >= 11 is 6.94. The van der Waals surface area contributed by atoms with Crippen LogP contribution in [0.15, 0.2) is 42.5 Å². The maximum absolute atomic E-state index is 13.8. The molecule has 160 valence electrons. The van der Waals surface area contributed by atoms with Crippen molar-refractivity contribution in [1.29, 1.82) is 0 Å². The Hall–Kier alpha value is -3.30. The number of hydrogen-bond acceptors (Lipinski definition) is 4. The molecule has 1 heterocycles. The first-order valence-corrected chi connectivity index (χ1v) is 10.1. The van der Waals surface area contributed by atoms with Gasteiger partial charge in [0.15, 0.2) is 0 Å². The van der Waals surface area contributed by atoms with Gasteiger partial charge in [-0.1, -0.05) is 11.6 Å². The quantitative estimate of drug-likeness (QED) is 0.470. The second kappa shape index (κ2) is 9.23. The predicted octanol–water partition coefficient (Wildman–Crippen LogP) is 5.45. The maximum Gasteiger partial charge on any atom is 0.266 e. The van der Waals surface area contributed by atoms with Crippen LogP contribution < -0.4 is 16.0 Å². The highest BCUT2D eigenvalue weighted by atomic mass is 35.5. The standard InChI is InChI=1S/C21H16ClF2N3O3S/c1-10-7-18(27-20(29)14-5-3-12(23)8-15(14)22)31-19(10)21(30)26-13-4-6-16(24)17(9-13)25-11(2)28/h3-9H,1-2H3,(H,25,28)(H,26,30)(H,27,29). The van der Waals surface area contributed by atoms with Crippen molar-refractivity contribution in [3.05, 3.63) is 75.1 Å². The average Bonchev–Trinajstić information content (AvgIpc) is 3.04. The molecule has 6 nitrogen and oxygen atoms in total. The minimum Gasteiger partial charge on any atom is -0.324 e. The van der Waals surface area contributed by atoms with Crippen molar-refractivity contribution in [2.45, 2.75) is 13.8 Å². The largest absolute Gasteiger partial charge is 0.324 e. The summed E-state index contributed by atoms with van der Waals surface area (Å²) in [4.78, 5) is 36.6. The molecule has 0 aliphatic rings. The van der Waals surface area contributed by atoms with Gasteiger partial charge in [0, 0.05) is 12.6 Å². The van der Waals surface area contributed by atoms with Crippen molar-refractivity contribution in [2.75, 3.05) is 16.0 Å². The lowest BCUT2D eigenvalue weighted by Gasteiger charge is -2.08. The number of amides is 3. The van der Waals surface area contributed by atoms with Crippen LogP contribution in [0.4, 0.5) is 25.2 Å². The first-order valence-electron chi connectivity index (χ1n) is 8.89. The number of nitrogens with one attached hydrogen (secondary N) is 3. The molecule has 31 heavy (non-hydrogen) atoms. The SMILES string of the molecule is CC(=O)Nc1cc(NC(=O)c2sc(NC(=O)c3ccc(F)cc3Cl)cc2C)ccc1F. The molecule has 2 aromatic carbocycles. The fourth-order valence-electron chi connectivity index (χ4n) is 2.70. The Morgan fingerprint density at radius 1 is 0.935 bits per heavy atom. The molecule has 0 saturated heterocycles. The lowest BCUT2D eigenvalue weighted by atomic mass is 10.2. The van der Waals surface area contributed by atoms with E-state index in [4.69, 9.17) is 11.6 Å². The summed E-state index contributed by atoms with van der Waals surface area (Å²) in [6, 6.07) is 8.83. The molecular formula is C21H16ClF2N3O3S. The summed E-state index contributed by atoms with van der Waals surface area (Å²) in [6.07, 6.45) is 0. The molecule has 0 radical (unpaired) electrons. The zero-order valence-electron chi connectivity index (χ0n) is 16.3. The second-order valence-electron chi connectivity index (χ2n) is 6.53. The van der Waals surface area contributed by atoms with Crippen LogP contribution in [-0.2, 0) is 4.79 Å². The van der Waals surface area contributed by atoms with Crippen LogP contribution in [0.3, 0.4) is 0 Å². The zero-order valence-corrected chi connectivity index (χ0v) is 17.9. The number of carbonyl (C=O) groups excluding carboxylic acids is 3. The minimum atomic E-state index is -0.634. The molecule has 10 heteroatoms. The van der Waals surface area contributed by atoms with Crippen molar-refractivity contribution in [1.82, 2.24) is 0 Å². The van der Waals surface area contributed by atoms with Crippen molar-refractivity contribution >= 4 is 57.0 Å². The van der Waals surface area contributed by atoms with E-state index in [2.05, 4.69) is 16.0 Å². The Morgan fingerprint density at radius 3 is 2.35 bits per heavy atom. The van der Waals surface area contributed by atoms with Gasteiger partial charge in [-0.25, -0.2) is 8.78 Å². The number of rotatable bonds is 5. The second-order valence-corrected chi connectivity index (χ2v) is 7.99. The van der Waals surface area contributed by atoms with E-state index in [1.54, 1.807) is 13.0 Å². The third kappa shape index (κ3) is 5.44. The molecule has 3 amide bonds. The summed E-state index contributed by atoms with van der Waals surface area (Å²) in [5.41, 5.74) is 0.924. The lowest BCUT2D eigenvalue weighted by Crippen LogP contribution is -2.13. The van der Waals surface area contributed by atoms with Gasteiger partial charge in [-0.2, -0.15) is 0 Å². The van der Waals surface area contributed by atoms with E-state index in [9.17, 15) is 23.2 Å². The number of halogens is 3. The van der Waals surface area contributed by atoms with Crippen LogP contribution >= 0.6 is 22.9 Å². The molecule has 3 aromatic rings. The topological polar surface area (TPSA) is 87.3 Å². The fraction of sp³-hybridized carbons (Fsp3) is 0.0952. The molecule has 0 spiro atoms. The normalized spacial score (nSPS) is 10.5. The number of hydrogen-bond donors (Lipinski definition) is 3. The Labute approximate surface area is 185 Å². The van der Waals surface area contributed by atoms with Gasteiger partial charge in [-0.3, -0.25) is 14.4 Å². The molecule has 0 saturated carbocycles. The molecule has 0 fully saturated rings. The van der Waals surface area contributed by atoms with E-state index in [1.165, 1.54) is 25.1 Å². The highest BCUT2D eigenvalue weighted by Gasteiger charge is 2.18. The van der Waals surface area contributed by atoms with Gasteiger partial charge in [0.25, 0.3) is 11.8 Å². The van der Waals surface area contributed by atoms with E-state index < -0.39 is 29.4 Å². The predicted molar refractivity (Wildman–Crippen MR) is 117 cm³/mol. The van der Waals surface area contributed by atoms with Crippen molar-refractivity contribution in [2.24, 2.45) is 0 Å². The third-order valence-corrected chi connectivity index (χ3v) is 5.54. The van der Waals surface area contributed by atoms with E-state index in [-0.39, 0.29) is 22.0 Å². The minimum absolute atomic E-state index is 0.0324. The summed E-state index contributed by atoms with van der Waals surface area (Å²) in [6.45, 7) is 2.94. The van der Waals surface area contributed by atoms with Crippen LogP contribution in [0, 0.1) is 18.6 Å². The molecule has 1 aromatic heterocycles. The van der Waals surface area contributed by atoms with E-state index in [0.29, 0.717) is 15.4 Å². The zero-order chi connectivity index (χ0) is 22.7. The van der Waals surface area contributed by atoms with Gasteiger partial charge in [-0.15, -0.1) is 11.3 Å². The molecule has 3 rings (SSSR count). The Balaban J connectivity index is 1.75. The number of anilines is 3. The number of carbonyl (C=O) groups is 3. The third-order valence-electron chi connectivity index (χ3n) is 4.07. The van der Waals surface area contributed by atoms with Crippen molar-refractivity contribution in [3.63, 3.8) is 0 Å². The van der Waals surface area contributed by atoms with Gasteiger partial charge >= 0.3 is 0 Å². The summed E-state index contributed by atoms with van der Waals surface area (Å²) in [7, 11) is 0. The smallest absolute Gasteiger partial charge is 0.266 e. The fourth-order valence-corrected chi connectivity index (χ4v) is 3.91. The first-order chi connectivity index (χ1) is 14.6. The maximum atomic E-state index is 13.8. The van der Waals surface area contributed by atoms with Crippen LogP contribution in [-0.4, -0.2) is 17.7 Å². The van der Waals surface area contributed by atoms with Gasteiger partial charge in [-0.05, 0) is 55.0 Å². The Bertz CT molecular complexity index is 1200. The lowest BCUT2D eigenvalue weighted by molar-refractivity contribution is -0.114. The number of aryl methyl sites for hydroxylation is 1. The Morgan fingerprint density at radius 2 is 1.68 bits per heavy atom. The molecular weight excluding hydrogens is 448 g/mol. The molecule has 0 unspecified atom stereocenters. The Kier molecular flexibility index (Phi) is 6.67. The molecule has 3 N–H and O–H groups in total. The van der Waals surface area contributed by atoms with E-state index in [0.717, 1.165) is 29.5 Å². The van der Waals surface area contributed by atoms with Crippen molar-refractivity contribution in [3.8, 4) is 0 Å². The number of thiophene rings is 1. The highest BCUT2D eigenvalue weighted by Crippen LogP contribution is 2.29. The van der Waals surface area contributed by atoms with Gasteiger partial charge in [0.2, 0.25) is 5.91 Å². The van der Waals surface area contributed by atoms with E-state index >= 15 is 0 Å². The van der Waals surface area contributed by atoms with Gasteiger partial charge in [0.1, 0.15) is 11.6 Å². The highest BCUT2D eigenvalue weighted by molar-refractivity contribution is 7.18. The van der Waals surface area contributed by atoms with E-state index in [1.807, 2.05) is 0 Å². The van der Waals surface area contributed by atoms with Gasteiger partial charge in [0.05, 0.1) is 26.2 Å². The number of benzene rings is 2. The average molecular weight is 464 g/mol. The van der Waals surface area contributed by atoms with Crippen molar-refractivity contribution < 1.29 is 23.2 Å². The van der Waals surface area contributed by atoms with Gasteiger partial charge < -0.3 is 16.0 Å². The molecule has 0 aliphatic heterocycles.